The van der Waals surface area contributed by atoms with Crippen molar-refractivity contribution >= 4 is 34.3 Å². The van der Waals surface area contributed by atoms with E-state index in [1.54, 1.807) is 7.11 Å². The maximum atomic E-state index is 12.3. The number of methoxy groups -OCH3 is 1. The number of aromatic nitrogens is 3. The minimum absolute atomic E-state index is 0.0415. The van der Waals surface area contributed by atoms with Crippen LogP contribution in [0.15, 0.2) is 66.9 Å². The molecule has 8 nitrogen and oxygen atoms in total. The van der Waals surface area contributed by atoms with Crippen LogP contribution >= 0.6 is 0 Å². The topological polar surface area (TPSA) is 93.1 Å². The lowest BCUT2D eigenvalue weighted by Gasteiger charge is -2.11. The van der Waals surface area contributed by atoms with Crippen LogP contribution in [0.5, 0.6) is 5.75 Å². The van der Waals surface area contributed by atoms with Crippen LogP contribution in [0.3, 0.4) is 0 Å². The lowest BCUT2D eigenvalue weighted by atomic mass is 10.2. The molecule has 0 unspecified atom stereocenters. The van der Waals surface area contributed by atoms with E-state index in [1.807, 2.05) is 78.4 Å². The normalized spacial score (nSPS) is 10.7. The summed E-state index contributed by atoms with van der Waals surface area (Å²) >= 11 is 0. The summed E-state index contributed by atoms with van der Waals surface area (Å²) < 4.78 is 7.13. The molecule has 2 aromatic carbocycles. The average Bonchev–Trinajstić information content (AvgIpc) is 3.20. The van der Waals surface area contributed by atoms with Gasteiger partial charge in [0, 0.05) is 42.3 Å². The summed E-state index contributed by atoms with van der Waals surface area (Å²) in [5.74, 6) is 1.95. The van der Waals surface area contributed by atoms with Crippen LogP contribution in [0, 0.1) is 6.92 Å². The van der Waals surface area contributed by atoms with Crippen LogP contribution < -0.4 is 20.7 Å². The summed E-state index contributed by atoms with van der Waals surface area (Å²) in [7, 11) is 1.64. The Labute approximate surface area is 186 Å². The summed E-state index contributed by atoms with van der Waals surface area (Å²) in [6.45, 7) is 3.18. The Morgan fingerprint density at radius 2 is 1.84 bits per heavy atom. The van der Waals surface area contributed by atoms with Gasteiger partial charge in [-0.25, -0.2) is 4.98 Å². The van der Waals surface area contributed by atoms with Crippen molar-refractivity contribution in [3.05, 3.63) is 72.6 Å². The molecular formula is C24H26N6O2. The maximum Gasteiger partial charge on any atom is 0.240 e. The molecule has 0 atom stereocenters. The number of fused-ring (bicyclic) bond motifs is 1. The minimum atomic E-state index is -0.0415. The van der Waals surface area contributed by atoms with E-state index in [0.717, 1.165) is 28.0 Å². The molecule has 0 aliphatic rings. The Hall–Kier alpha value is -4.07. The van der Waals surface area contributed by atoms with E-state index in [9.17, 15) is 4.79 Å². The van der Waals surface area contributed by atoms with Gasteiger partial charge in [-0.05, 0) is 48.7 Å². The summed E-state index contributed by atoms with van der Waals surface area (Å²) in [4.78, 5) is 21.2. The van der Waals surface area contributed by atoms with Crippen molar-refractivity contribution in [1.29, 1.82) is 0 Å². The van der Waals surface area contributed by atoms with Crippen molar-refractivity contribution < 1.29 is 9.53 Å². The van der Waals surface area contributed by atoms with E-state index in [1.165, 1.54) is 0 Å². The Kier molecular flexibility index (Phi) is 6.50. The molecule has 0 radical (unpaired) electrons. The average molecular weight is 431 g/mol. The summed E-state index contributed by atoms with van der Waals surface area (Å²) in [6.07, 6.45) is 1.93. The highest BCUT2D eigenvalue weighted by Crippen LogP contribution is 2.20. The van der Waals surface area contributed by atoms with E-state index in [2.05, 4.69) is 25.9 Å². The third-order valence-corrected chi connectivity index (χ3v) is 4.94. The van der Waals surface area contributed by atoms with Gasteiger partial charge in [0.15, 0.2) is 0 Å². The highest BCUT2D eigenvalue weighted by Gasteiger charge is 2.07. The predicted molar refractivity (Wildman–Crippen MR) is 126 cm³/mol. The monoisotopic (exact) mass is 430 g/mol. The zero-order valence-electron chi connectivity index (χ0n) is 18.1. The molecule has 2 heterocycles. The lowest BCUT2D eigenvalue weighted by Crippen LogP contribution is -2.31. The first kappa shape index (κ1) is 21.2. The third kappa shape index (κ3) is 5.34. The maximum absolute atomic E-state index is 12.3. The number of hydrogen-bond donors (Lipinski definition) is 3. The first-order chi connectivity index (χ1) is 15.6. The highest BCUT2D eigenvalue weighted by molar-refractivity contribution is 5.83. The molecule has 32 heavy (non-hydrogen) atoms. The van der Waals surface area contributed by atoms with E-state index < -0.39 is 0 Å². The second kappa shape index (κ2) is 9.82. The molecule has 4 rings (SSSR count). The fourth-order valence-corrected chi connectivity index (χ4v) is 3.40. The first-order valence-electron chi connectivity index (χ1n) is 10.4. The van der Waals surface area contributed by atoms with Gasteiger partial charge in [-0.15, -0.1) is 0 Å². The molecular weight excluding hydrogens is 404 g/mol. The smallest absolute Gasteiger partial charge is 0.240 e. The number of amides is 1. The van der Waals surface area contributed by atoms with Crippen molar-refractivity contribution in [2.24, 2.45) is 0 Å². The highest BCUT2D eigenvalue weighted by atomic mass is 16.5. The van der Waals surface area contributed by atoms with Gasteiger partial charge in [-0.3, -0.25) is 4.79 Å². The van der Waals surface area contributed by atoms with Gasteiger partial charge in [-0.2, -0.15) is 4.98 Å². The standard InChI is InChI=1S/C24H26N6O2/c1-17-15-22(28-19-7-9-20(32-2)10-8-19)29-24(27-17)26-13-12-25-23(31)16-30-14-11-18-5-3-4-6-21(18)30/h3-11,14-15H,12-13,16H2,1-2H3,(H,25,31)(H2,26,27,28,29). The first-order valence-corrected chi connectivity index (χ1v) is 10.4. The number of hydrogen-bond acceptors (Lipinski definition) is 6. The number of nitrogens with one attached hydrogen (secondary N) is 3. The molecule has 8 heteroatoms. The number of anilines is 3. The molecule has 0 aliphatic heterocycles. The van der Waals surface area contributed by atoms with Crippen LogP contribution in [-0.4, -0.2) is 40.6 Å². The third-order valence-electron chi connectivity index (χ3n) is 4.94. The molecule has 0 spiro atoms. The summed E-state index contributed by atoms with van der Waals surface area (Å²) in [5, 5.41) is 10.5. The molecule has 164 valence electrons. The molecule has 0 aliphatic carbocycles. The van der Waals surface area contributed by atoms with Crippen molar-refractivity contribution in [1.82, 2.24) is 19.9 Å². The van der Waals surface area contributed by atoms with Crippen molar-refractivity contribution in [3.63, 3.8) is 0 Å². The van der Waals surface area contributed by atoms with Crippen LogP contribution in [0.25, 0.3) is 10.9 Å². The van der Waals surface area contributed by atoms with Gasteiger partial charge < -0.3 is 25.3 Å². The van der Waals surface area contributed by atoms with E-state index in [0.29, 0.717) is 24.9 Å². The minimum Gasteiger partial charge on any atom is -0.497 e. The molecule has 0 fully saturated rings. The van der Waals surface area contributed by atoms with Crippen LogP contribution in [0.1, 0.15) is 5.69 Å². The zero-order chi connectivity index (χ0) is 22.3. The van der Waals surface area contributed by atoms with Crippen molar-refractivity contribution in [2.75, 3.05) is 30.8 Å². The second-order valence-electron chi connectivity index (χ2n) is 7.35. The van der Waals surface area contributed by atoms with Gasteiger partial charge in [0.1, 0.15) is 18.1 Å². The fourth-order valence-electron chi connectivity index (χ4n) is 3.40. The van der Waals surface area contributed by atoms with Gasteiger partial charge in [-0.1, -0.05) is 18.2 Å². The van der Waals surface area contributed by atoms with Gasteiger partial charge in [0.05, 0.1) is 7.11 Å². The molecule has 4 aromatic rings. The number of benzene rings is 2. The molecule has 3 N–H and O–H groups in total. The fraction of sp³-hybridized carbons (Fsp3) is 0.208. The predicted octanol–water partition coefficient (Wildman–Crippen LogP) is 3.72. The zero-order valence-corrected chi connectivity index (χ0v) is 18.1. The summed E-state index contributed by atoms with van der Waals surface area (Å²) in [6, 6.07) is 19.5. The quantitative estimate of drug-likeness (QED) is 0.351. The Bertz CT molecular complexity index is 1200. The summed E-state index contributed by atoms with van der Waals surface area (Å²) in [5.41, 5.74) is 2.78. The molecule has 2 aromatic heterocycles. The number of nitrogens with zero attached hydrogens (tertiary/aromatic N) is 3. The van der Waals surface area contributed by atoms with E-state index in [-0.39, 0.29) is 12.5 Å². The van der Waals surface area contributed by atoms with E-state index >= 15 is 0 Å². The molecule has 0 saturated heterocycles. The Morgan fingerprint density at radius 1 is 1.03 bits per heavy atom. The molecule has 1 amide bonds. The number of para-hydroxylation sites is 1. The number of aryl methyl sites for hydroxylation is 1. The van der Waals surface area contributed by atoms with E-state index in [4.69, 9.17) is 4.74 Å². The lowest BCUT2D eigenvalue weighted by molar-refractivity contribution is -0.121. The number of ether oxygens (including phenoxy) is 1. The number of carbonyl (C=O) groups is 1. The molecule has 0 bridgehead atoms. The van der Waals surface area contributed by atoms with Crippen LogP contribution in [0.2, 0.25) is 0 Å². The van der Waals surface area contributed by atoms with Crippen molar-refractivity contribution in [2.45, 2.75) is 13.5 Å². The Morgan fingerprint density at radius 3 is 2.66 bits per heavy atom. The van der Waals surface area contributed by atoms with Crippen LogP contribution in [0.4, 0.5) is 17.5 Å². The largest absolute Gasteiger partial charge is 0.497 e. The Balaban J connectivity index is 1.27. The van der Waals surface area contributed by atoms with Gasteiger partial charge >= 0.3 is 0 Å². The van der Waals surface area contributed by atoms with Crippen LogP contribution in [-0.2, 0) is 11.3 Å². The van der Waals surface area contributed by atoms with Crippen molar-refractivity contribution in [3.8, 4) is 5.75 Å². The molecule has 0 saturated carbocycles. The second-order valence-corrected chi connectivity index (χ2v) is 7.35. The van der Waals surface area contributed by atoms with Gasteiger partial charge in [0.25, 0.3) is 0 Å². The number of carbonyl (C=O) groups excluding carboxylic acids is 1. The number of rotatable bonds is 9. The van der Waals surface area contributed by atoms with Gasteiger partial charge in [0.2, 0.25) is 11.9 Å². The SMILES string of the molecule is COc1ccc(Nc2cc(C)nc(NCCNC(=O)Cn3ccc4ccccc43)n2)cc1.